The zero-order valence-corrected chi connectivity index (χ0v) is 23.1. The second kappa shape index (κ2) is 12.8. The standard InChI is InChI=1S/C28H37NO12/c1-5-15-17(9-19-16-10-20(32)21(37-3)8-14(16)6-7-29(19)13(2)31)18(26(36)38-4)12-39-27(15)41-28-25(35)24(34)23(33)22(11-30)40-28/h5,8,10,12,15,17,19,22-25,27-28,30,32-35H,1,6-7,9,11H2,2-4H3. The minimum Gasteiger partial charge on any atom is -0.504 e. The van der Waals surface area contributed by atoms with Gasteiger partial charge < -0.3 is 54.1 Å². The summed E-state index contributed by atoms with van der Waals surface area (Å²) in [4.78, 5) is 27.2. The second-order valence-corrected chi connectivity index (χ2v) is 10.3. The van der Waals surface area contributed by atoms with E-state index in [1.165, 1.54) is 33.5 Å². The molecular formula is C28H37NO12. The van der Waals surface area contributed by atoms with Gasteiger partial charge in [0.05, 0.1) is 38.7 Å². The Balaban J connectivity index is 1.70. The molecule has 0 aromatic heterocycles. The predicted octanol–water partition coefficient (Wildman–Crippen LogP) is -0.115. The molecule has 1 fully saturated rings. The number of fused-ring (bicyclic) bond motifs is 1. The molecule has 0 bridgehead atoms. The molecule has 0 saturated carbocycles. The first-order chi connectivity index (χ1) is 19.6. The predicted molar refractivity (Wildman–Crippen MR) is 140 cm³/mol. The number of ether oxygens (including phenoxy) is 5. The van der Waals surface area contributed by atoms with Crippen LogP contribution in [0.3, 0.4) is 0 Å². The highest BCUT2D eigenvalue weighted by molar-refractivity contribution is 5.89. The average Bonchev–Trinajstić information content (AvgIpc) is 2.96. The van der Waals surface area contributed by atoms with E-state index < -0.39 is 67.4 Å². The van der Waals surface area contributed by atoms with Crippen molar-refractivity contribution in [3.05, 3.63) is 47.7 Å². The average molecular weight is 580 g/mol. The first kappa shape index (κ1) is 30.8. The van der Waals surface area contributed by atoms with E-state index in [1.54, 1.807) is 17.0 Å². The van der Waals surface area contributed by atoms with Crippen molar-refractivity contribution in [1.82, 2.24) is 4.90 Å². The van der Waals surface area contributed by atoms with Gasteiger partial charge in [-0.2, -0.15) is 0 Å². The fourth-order valence-corrected chi connectivity index (χ4v) is 5.78. The number of aliphatic hydroxyl groups is 4. The first-order valence-electron chi connectivity index (χ1n) is 13.3. The van der Waals surface area contributed by atoms with Crippen molar-refractivity contribution in [2.24, 2.45) is 11.8 Å². The Morgan fingerprint density at radius 1 is 1.15 bits per heavy atom. The van der Waals surface area contributed by atoms with Crippen molar-refractivity contribution in [3.8, 4) is 11.5 Å². The fourth-order valence-electron chi connectivity index (χ4n) is 5.78. The van der Waals surface area contributed by atoms with Crippen LogP contribution in [0.5, 0.6) is 11.5 Å². The monoisotopic (exact) mass is 579 g/mol. The molecule has 1 amide bonds. The number of esters is 1. The highest BCUT2D eigenvalue weighted by Gasteiger charge is 2.48. The summed E-state index contributed by atoms with van der Waals surface area (Å²) in [6.45, 7) is 5.09. The molecule has 13 heteroatoms. The van der Waals surface area contributed by atoms with E-state index in [1.807, 2.05) is 0 Å². The van der Waals surface area contributed by atoms with Gasteiger partial charge in [0.15, 0.2) is 17.8 Å². The topological polar surface area (TPSA) is 185 Å². The molecule has 9 unspecified atom stereocenters. The quantitative estimate of drug-likeness (QED) is 0.204. The Bertz CT molecular complexity index is 1170. The molecule has 3 aliphatic heterocycles. The zero-order chi connectivity index (χ0) is 30.0. The number of aliphatic hydroxyl groups excluding tert-OH is 4. The van der Waals surface area contributed by atoms with Crippen molar-refractivity contribution in [2.75, 3.05) is 27.4 Å². The zero-order valence-electron chi connectivity index (χ0n) is 23.1. The number of phenols is 1. The van der Waals surface area contributed by atoms with Crippen LogP contribution in [0.25, 0.3) is 0 Å². The summed E-state index contributed by atoms with van der Waals surface area (Å²) in [6.07, 6.45) is -5.42. The molecule has 0 aliphatic carbocycles. The molecule has 5 N–H and O–H groups in total. The summed E-state index contributed by atoms with van der Waals surface area (Å²) in [7, 11) is 2.67. The lowest BCUT2D eigenvalue weighted by atomic mass is 9.76. The highest BCUT2D eigenvalue weighted by atomic mass is 16.8. The van der Waals surface area contributed by atoms with Gasteiger partial charge in [-0.05, 0) is 36.1 Å². The minimum absolute atomic E-state index is 0.0959. The molecule has 3 heterocycles. The molecular weight excluding hydrogens is 542 g/mol. The third-order valence-corrected chi connectivity index (χ3v) is 8.00. The van der Waals surface area contributed by atoms with Gasteiger partial charge in [0, 0.05) is 25.3 Å². The Labute approximate surface area is 237 Å². The van der Waals surface area contributed by atoms with Crippen LogP contribution in [-0.2, 0) is 35.0 Å². The van der Waals surface area contributed by atoms with Crippen molar-refractivity contribution < 1.29 is 58.8 Å². The van der Waals surface area contributed by atoms with Crippen LogP contribution in [0.4, 0.5) is 0 Å². The molecule has 226 valence electrons. The van der Waals surface area contributed by atoms with Crippen molar-refractivity contribution in [1.29, 1.82) is 0 Å². The van der Waals surface area contributed by atoms with Crippen molar-refractivity contribution in [3.63, 3.8) is 0 Å². The highest BCUT2D eigenvalue weighted by Crippen LogP contribution is 2.45. The number of benzene rings is 1. The van der Waals surface area contributed by atoms with Crippen LogP contribution < -0.4 is 4.74 Å². The Hall–Kier alpha value is -3.20. The molecule has 1 saturated heterocycles. The van der Waals surface area contributed by atoms with Gasteiger partial charge in [0.2, 0.25) is 12.2 Å². The van der Waals surface area contributed by atoms with Crippen LogP contribution in [0, 0.1) is 11.8 Å². The number of amides is 1. The maximum atomic E-state index is 12.9. The molecule has 0 radical (unpaired) electrons. The smallest absolute Gasteiger partial charge is 0.337 e. The SMILES string of the molecule is C=CC1C(OC2OC(CO)C(O)C(O)C2O)OC=C(C(=O)OC)C1CC1c2cc(O)c(OC)cc2CCN1C(C)=O. The van der Waals surface area contributed by atoms with E-state index in [4.69, 9.17) is 23.7 Å². The molecule has 4 rings (SSSR count). The summed E-state index contributed by atoms with van der Waals surface area (Å²) in [5, 5.41) is 50.9. The number of carbonyl (C=O) groups is 2. The van der Waals surface area contributed by atoms with Crippen LogP contribution in [-0.4, -0.2) is 107 Å². The number of carbonyl (C=O) groups excluding carboxylic acids is 2. The van der Waals surface area contributed by atoms with E-state index >= 15 is 0 Å². The summed E-state index contributed by atoms with van der Waals surface area (Å²) in [6, 6.07) is 2.71. The third kappa shape index (κ3) is 5.92. The van der Waals surface area contributed by atoms with Crippen LogP contribution in [0.2, 0.25) is 0 Å². The second-order valence-electron chi connectivity index (χ2n) is 10.3. The van der Waals surface area contributed by atoms with E-state index in [9.17, 15) is 35.1 Å². The number of methoxy groups -OCH3 is 2. The summed E-state index contributed by atoms with van der Waals surface area (Å²) < 4.78 is 27.4. The third-order valence-electron chi connectivity index (χ3n) is 8.00. The van der Waals surface area contributed by atoms with Crippen LogP contribution >= 0.6 is 0 Å². The minimum atomic E-state index is -1.68. The lowest BCUT2D eigenvalue weighted by Crippen LogP contribution is -2.60. The lowest BCUT2D eigenvalue weighted by molar-refractivity contribution is -0.339. The molecule has 13 nitrogen and oxygen atoms in total. The largest absolute Gasteiger partial charge is 0.504 e. The number of nitrogens with zero attached hydrogens (tertiary/aromatic N) is 1. The maximum absolute atomic E-state index is 12.9. The molecule has 1 aromatic carbocycles. The van der Waals surface area contributed by atoms with E-state index in [0.29, 0.717) is 24.3 Å². The first-order valence-corrected chi connectivity index (χ1v) is 13.3. The number of hydrogen-bond acceptors (Lipinski definition) is 12. The molecule has 1 aromatic rings. The van der Waals surface area contributed by atoms with Crippen LogP contribution in [0.1, 0.15) is 30.5 Å². The van der Waals surface area contributed by atoms with Gasteiger partial charge in [-0.15, -0.1) is 6.58 Å². The Kier molecular flexibility index (Phi) is 9.57. The number of hydrogen-bond donors (Lipinski definition) is 5. The number of rotatable bonds is 8. The Morgan fingerprint density at radius 3 is 2.49 bits per heavy atom. The fraction of sp³-hybridized carbons (Fsp3) is 0.571. The van der Waals surface area contributed by atoms with Crippen molar-refractivity contribution in [2.45, 2.75) is 62.8 Å². The summed E-state index contributed by atoms with van der Waals surface area (Å²) in [5.41, 5.74) is 1.72. The van der Waals surface area contributed by atoms with Crippen LogP contribution in [0.15, 0.2) is 36.6 Å². The number of aromatic hydroxyl groups is 1. The molecule has 41 heavy (non-hydrogen) atoms. The van der Waals surface area contributed by atoms with E-state index in [-0.39, 0.29) is 23.7 Å². The summed E-state index contributed by atoms with van der Waals surface area (Å²) in [5.74, 6) is -2.11. The summed E-state index contributed by atoms with van der Waals surface area (Å²) >= 11 is 0. The van der Waals surface area contributed by atoms with Gasteiger partial charge in [0.25, 0.3) is 0 Å². The van der Waals surface area contributed by atoms with Gasteiger partial charge in [0.1, 0.15) is 24.4 Å². The molecule has 0 spiro atoms. The molecule has 9 atom stereocenters. The number of phenolic OH excluding ortho intramolecular Hbond substituents is 1. The normalized spacial score (nSPS) is 33.2. The maximum Gasteiger partial charge on any atom is 0.337 e. The van der Waals surface area contributed by atoms with E-state index in [0.717, 1.165) is 5.56 Å². The van der Waals surface area contributed by atoms with E-state index in [2.05, 4.69) is 6.58 Å². The van der Waals surface area contributed by atoms with Crippen molar-refractivity contribution >= 4 is 11.9 Å². The van der Waals surface area contributed by atoms with Gasteiger partial charge in [-0.25, -0.2) is 4.79 Å². The molecule has 3 aliphatic rings. The Morgan fingerprint density at radius 2 is 1.88 bits per heavy atom. The van der Waals surface area contributed by atoms with Gasteiger partial charge in [-0.1, -0.05) is 6.08 Å². The lowest BCUT2D eigenvalue weighted by Gasteiger charge is -2.44. The van der Waals surface area contributed by atoms with Gasteiger partial charge in [-0.3, -0.25) is 4.79 Å². The van der Waals surface area contributed by atoms with Gasteiger partial charge >= 0.3 is 5.97 Å².